The molecule has 0 aromatic rings. The summed E-state index contributed by atoms with van der Waals surface area (Å²) in [6, 6.07) is 0. The van der Waals surface area contributed by atoms with Crippen molar-refractivity contribution in [2.24, 2.45) is 5.92 Å². The molecule has 0 aliphatic rings. The van der Waals surface area contributed by atoms with E-state index in [1.165, 1.54) is 5.28 Å². The van der Waals surface area contributed by atoms with Gasteiger partial charge in [0.05, 0.1) is 0 Å². The summed E-state index contributed by atoms with van der Waals surface area (Å²) >= 11 is 0.502. The Balaban J connectivity index is 2.81. The summed E-state index contributed by atoms with van der Waals surface area (Å²) in [6.45, 7) is 4.47. The number of hydrogen-bond acceptors (Lipinski definition) is 0. The van der Waals surface area contributed by atoms with Gasteiger partial charge in [0.25, 0.3) is 0 Å². The van der Waals surface area contributed by atoms with Gasteiger partial charge in [-0.3, -0.25) is 0 Å². The van der Waals surface area contributed by atoms with Gasteiger partial charge in [0, 0.05) is 0 Å². The van der Waals surface area contributed by atoms with Crippen molar-refractivity contribution in [1.82, 2.24) is 0 Å². The third kappa shape index (κ3) is 4.40. The normalized spacial score (nSPS) is 8.50. The molecule has 0 aliphatic heterocycles. The quantitative estimate of drug-likeness (QED) is 0.455. The summed E-state index contributed by atoms with van der Waals surface area (Å²) in [7, 11) is 0. The second-order valence-electron chi connectivity index (χ2n) is 1.92. The second kappa shape index (κ2) is 3.59. The molecule has 0 heterocycles. The van der Waals surface area contributed by atoms with E-state index in [2.05, 4.69) is 19.2 Å². The van der Waals surface area contributed by atoms with Crippen molar-refractivity contribution in [2.45, 2.75) is 19.1 Å². The van der Waals surface area contributed by atoms with E-state index in [0.29, 0.717) is 14.8 Å². The molecule has 0 aliphatic carbocycles. The van der Waals surface area contributed by atoms with Crippen LogP contribution < -0.4 is 0 Å². The maximum atomic E-state index is 3.81. The Morgan fingerprint density at radius 1 is 1.67 bits per heavy atom. The van der Waals surface area contributed by atoms with Crippen molar-refractivity contribution in [3.8, 4) is 0 Å². The topological polar surface area (TPSA) is 0 Å². The maximum absolute atomic E-state index is 3.81. The number of rotatable bonds is 2. The van der Waals surface area contributed by atoms with Crippen LogP contribution in [0.1, 0.15) is 13.8 Å². The Morgan fingerprint density at radius 2 is 2.17 bits per heavy atom. The summed E-state index contributed by atoms with van der Waals surface area (Å²) in [5.41, 5.74) is 0. The third-order valence-corrected chi connectivity index (χ3v) is 1.91. The van der Waals surface area contributed by atoms with Gasteiger partial charge in [-0.25, -0.2) is 0 Å². The van der Waals surface area contributed by atoms with Gasteiger partial charge in [0.15, 0.2) is 0 Å². The first-order valence-corrected chi connectivity index (χ1v) is 4.01. The van der Waals surface area contributed by atoms with E-state index in [1.807, 2.05) is 0 Å². The summed E-state index contributed by atoms with van der Waals surface area (Å²) in [5.74, 6) is 0.873. The Labute approximate surface area is 45.8 Å². The molecule has 0 unspecified atom stereocenters. The molecule has 0 radical (unpaired) electrons. The predicted octanol–water partition coefficient (Wildman–Crippen LogP) is 1.20. The molecule has 0 nitrogen and oxygen atoms in total. The molecular formula is C5H11Al. The van der Waals surface area contributed by atoms with Gasteiger partial charge in [-0.1, -0.05) is 0 Å². The molecule has 0 bridgehead atoms. The van der Waals surface area contributed by atoms with Crippen LogP contribution in [0, 0.1) is 5.92 Å². The SMILES string of the molecule is [CH2]=[Al][CH2]C(C)C. The van der Waals surface area contributed by atoms with E-state index in [1.54, 1.807) is 0 Å². The van der Waals surface area contributed by atoms with Gasteiger partial charge in [-0.15, -0.1) is 0 Å². The van der Waals surface area contributed by atoms with E-state index < -0.39 is 0 Å². The van der Waals surface area contributed by atoms with Crippen molar-refractivity contribution in [1.29, 1.82) is 0 Å². The average molecular weight is 98.1 g/mol. The Kier molecular flexibility index (Phi) is 3.83. The molecule has 6 heavy (non-hydrogen) atoms. The first-order chi connectivity index (χ1) is 2.77. The summed E-state index contributed by atoms with van der Waals surface area (Å²) in [4.78, 5) is 0. The summed E-state index contributed by atoms with van der Waals surface area (Å²) < 4.78 is 0. The Morgan fingerprint density at radius 3 is 2.17 bits per heavy atom. The fraction of sp³-hybridized carbons (Fsp3) is 0.800. The molecule has 1 heteroatoms. The van der Waals surface area contributed by atoms with Crippen LogP contribution in [0.4, 0.5) is 0 Å². The van der Waals surface area contributed by atoms with Crippen molar-refractivity contribution < 1.29 is 0 Å². The van der Waals surface area contributed by atoms with Gasteiger partial charge < -0.3 is 0 Å². The molecule has 0 saturated carbocycles. The minimum absolute atomic E-state index is 0.502. The van der Waals surface area contributed by atoms with Crippen LogP contribution in [0.3, 0.4) is 0 Å². The molecule has 0 amide bonds. The van der Waals surface area contributed by atoms with Crippen LogP contribution in [-0.2, 0) is 0 Å². The van der Waals surface area contributed by atoms with Crippen LogP contribution in [0.25, 0.3) is 0 Å². The Bertz CT molecular complexity index is 39.2. The van der Waals surface area contributed by atoms with Crippen LogP contribution >= 0.6 is 0 Å². The molecular weight excluding hydrogens is 87.0 g/mol. The van der Waals surface area contributed by atoms with Gasteiger partial charge in [-0.05, 0) is 0 Å². The van der Waals surface area contributed by atoms with Gasteiger partial charge in [0.2, 0.25) is 0 Å². The standard InChI is InChI=1S/C4H9.CH2.Al/c1-4(2)3;;/h4H,1H2,2-3H3;1H2;. The van der Waals surface area contributed by atoms with Crippen LogP contribution in [-0.4, -0.2) is 20.2 Å². The fourth-order valence-electron chi connectivity index (χ4n) is 0.333. The summed E-state index contributed by atoms with van der Waals surface area (Å²) in [6.07, 6.45) is 0. The van der Waals surface area contributed by atoms with Crippen molar-refractivity contribution >= 4 is 20.2 Å². The minimum atomic E-state index is 0.502. The van der Waals surface area contributed by atoms with Crippen LogP contribution in [0.15, 0.2) is 0 Å². The van der Waals surface area contributed by atoms with Crippen molar-refractivity contribution in [3.63, 3.8) is 0 Å². The first kappa shape index (κ1) is 6.40. The van der Waals surface area contributed by atoms with Crippen molar-refractivity contribution in [3.05, 3.63) is 0 Å². The predicted molar refractivity (Wildman–Crippen MR) is 32.5 cm³/mol. The molecule has 0 fully saturated rings. The molecule has 0 atom stereocenters. The van der Waals surface area contributed by atoms with Crippen LogP contribution in [0.5, 0.6) is 0 Å². The zero-order valence-electron chi connectivity index (χ0n) is 4.57. The van der Waals surface area contributed by atoms with E-state index in [-0.39, 0.29) is 0 Å². The molecule has 0 aromatic carbocycles. The zero-order chi connectivity index (χ0) is 4.99. The van der Waals surface area contributed by atoms with Crippen LogP contribution in [0.2, 0.25) is 5.28 Å². The average Bonchev–Trinajstić information content (AvgIpc) is 1.35. The third-order valence-electron chi connectivity index (χ3n) is 0.638. The fourth-order valence-corrected chi connectivity index (χ4v) is 1.00. The molecule has 0 aromatic heterocycles. The van der Waals surface area contributed by atoms with Crippen molar-refractivity contribution in [2.75, 3.05) is 0 Å². The number of hydrogen-bond donors (Lipinski definition) is 0. The Hall–Kier alpha value is 0.402. The van der Waals surface area contributed by atoms with E-state index in [0.717, 1.165) is 5.92 Å². The molecule has 0 spiro atoms. The van der Waals surface area contributed by atoms with Gasteiger partial charge >= 0.3 is 45.2 Å². The van der Waals surface area contributed by atoms with E-state index in [4.69, 9.17) is 0 Å². The molecule has 0 saturated heterocycles. The molecule has 34 valence electrons. The first-order valence-electron chi connectivity index (χ1n) is 2.38. The second-order valence-corrected chi connectivity index (χ2v) is 2.97. The summed E-state index contributed by atoms with van der Waals surface area (Å²) in [5, 5.41) is 5.16. The van der Waals surface area contributed by atoms with Gasteiger partial charge in [-0.2, -0.15) is 0 Å². The molecule has 0 rings (SSSR count). The molecule has 0 N–H and O–H groups in total. The monoisotopic (exact) mass is 98.1 g/mol. The zero-order valence-corrected chi connectivity index (χ0v) is 5.72. The van der Waals surface area contributed by atoms with E-state index in [9.17, 15) is 0 Å². The van der Waals surface area contributed by atoms with Gasteiger partial charge in [0.1, 0.15) is 0 Å². The van der Waals surface area contributed by atoms with E-state index >= 15 is 0 Å².